The van der Waals surface area contributed by atoms with Gasteiger partial charge in [-0.15, -0.1) is 11.3 Å². The number of aromatic nitrogens is 1. The van der Waals surface area contributed by atoms with Crippen molar-refractivity contribution in [3.05, 3.63) is 59.2 Å². The lowest BCUT2D eigenvalue weighted by Gasteiger charge is -2.44. The number of amides is 2. The normalized spacial score (nSPS) is 23.1. The van der Waals surface area contributed by atoms with Gasteiger partial charge in [0.25, 0.3) is 11.8 Å². The fraction of sp³-hybridized carbons (Fsp3) is 0.318. The van der Waals surface area contributed by atoms with Crippen molar-refractivity contribution in [2.24, 2.45) is 5.92 Å². The van der Waals surface area contributed by atoms with Crippen molar-refractivity contribution in [3.63, 3.8) is 0 Å². The molecule has 2 N–H and O–H groups in total. The molecule has 2 amide bonds. The summed E-state index contributed by atoms with van der Waals surface area (Å²) in [5.41, 5.74) is 1.70. The molecule has 1 unspecified atom stereocenters. The summed E-state index contributed by atoms with van der Waals surface area (Å²) in [4.78, 5) is 32.1. The van der Waals surface area contributed by atoms with E-state index in [0.717, 1.165) is 42.6 Å². The van der Waals surface area contributed by atoms with E-state index >= 15 is 0 Å². The zero-order valence-electron chi connectivity index (χ0n) is 15.9. The van der Waals surface area contributed by atoms with Crippen LogP contribution in [0.4, 0.5) is 5.69 Å². The number of hydrogen-bond donors (Lipinski definition) is 2. The first-order valence-corrected chi connectivity index (χ1v) is 10.8. The van der Waals surface area contributed by atoms with Crippen molar-refractivity contribution < 1.29 is 9.59 Å². The van der Waals surface area contributed by atoms with Crippen molar-refractivity contribution in [2.75, 3.05) is 25.0 Å². The third kappa shape index (κ3) is 3.63. The molecule has 1 atom stereocenters. The van der Waals surface area contributed by atoms with Gasteiger partial charge in [0, 0.05) is 35.1 Å². The summed E-state index contributed by atoms with van der Waals surface area (Å²) in [6, 6.07) is 11.1. The monoisotopic (exact) mass is 406 g/mol. The Labute approximate surface area is 172 Å². The zero-order chi connectivity index (χ0) is 19.8. The van der Waals surface area contributed by atoms with Crippen molar-refractivity contribution in [1.29, 1.82) is 0 Å². The molecule has 29 heavy (non-hydrogen) atoms. The second kappa shape index (κ2) is 7.57. The highest BCUT2D eigenvalue weighted by molar-refractivity contribution is 7.17. The van der Waals surface area contributed by atoms with Gasteiger partial charge in [0.05, 0.1) is 10.4 Å². The number of thiophene rings is 1. The first kappa shape index (κ1) is 18.3. The quantitative estimate of drug-likeness (QED) is 0.697. The molecule has 0 saturated carbocycles. The molecule has 3 aromatic rings. The summed E-state index contributed by atoms with van der Waals surface area (Å²) in [5, 5.41) is 8.87. The molecule has 2 bridgehead atoms. The van der Waals surface area contributed by atoms with E-state index in [-0.39, 0.29) is 17.9 Å². The number of nitrogens with one attached hydrogen (secondary N) is 2. The summed E-state index contributed by atoms with van der Waals surface area (Å²) < 4.78 is 0.938. The molecule has 0 aliphatic carbocycles. The molecule has 3 fully saturated rings. The van der Waals surface area contributed by atoms with Crippen molar-refractivity contribution in [3.8, 4) is 0 Å². The van der Waals surface area contributed by atoms with Gasteiger partial charge in [-0.2, -0.15) is 0 Å². The zero-order valence-corrected chi connectivity index (χ0v) is 16.7. The van der Waals surface area contributed by atoms with Crippen LogP contribution in [0.1, 0.15) is 33.7 Å². The van der Waals surface area contributed by atoms with Crippen LogP contribution in [0.2, 0.25) is 0 Å². The third-order valence-corrected chi connectivity index (χ3v) is 6.88. The largest absolute Gasteiger partial charge is 0.346 e. The second-order valence-corrected chi connectivity index (χ2v) is 8.66. The maximum Gasteiger partial charge on any atom is 0.270 e. The Morgan fingerprint density at radius 1 is 1.10 bits per heavy atom. The molecule has 0 radical (unpaired) electrons. The number of hydrogen-bond acceptors (Lipinski definition) is 5. The fourth-order valence-electron chi connectivity index (χ4n) is 4.31. The van der Waals surface area contributed by atoms with Crippen LogP contribution in [0.15, 0.2) is 48.0 Å². The number of rotatable bonds is 4. The van der Waals surface area contributed by atoms with Crippen molar-refractivity contribution in [2.45, 2.75) is 18.9 Å². The van der Waals surface area contributed by atoms with Gasteiger partial charge in [0.2, 0.25) is 0 Å². The first-order valence-electron chi connectivity index (χ1n) is 9.94. The highest BCUT2D eigenvalue weighted by Crippen LogP contribution is 2.31. The standard InChI is InChI=1S/C22H22N4O2S/c27-21(15-4-2-1-3-5-15)25-19-13-29-20-11-23-17(10-16(19)20)22(28)24-18-12-26-8-6-14(18)7-9-26/h1-5,10-11,13-14,18H,6-9,12H2,(H,24,28)(H,25,27). The molecular weight excluding hydrogens is 384 g/mol. The number of fused-ring (bicyclic) bond motifs is 4. The van der Waals surface area contributed by atoms with Gasteiger partial charge in [0.15, 0.2) is 0 Å². The van der Waals surface area contributed by atoms with E-state index < -0.39 is 0 Å². The maximum atomic E-state index is 12.8. The lowest BCUT2D eigenvalue weighted by molar-refractivity contribution is 0.0618. The van der Waals surface area contributed by atoms with Crippen molar-refractivity contribution in [1.82, 2.24) is 15.2 Å². The number of piperidine rings is 3. The Morgan fingerprint density at radius 2 is 1.90 bits per heavy atom. The Balaban J connectivity index is 1.35. The Morgan fingerprint density at radius 3 is 2.62 bits per heavy atom. The van der Waals surface area contributed by atoms with Gasteiger partial charge < -0.3 is 15.5 Å². The Bertz CT molecular complexity index is 1060. The molecular formula is C22H22N4O2S. The molecule has 3 saturated heterocycles. The fourth-order valence-corrected chi connectivity index (χ4v) is 5.15. The number of carbonyl (C=O) groups excluding carboxylic acids is 2. The van der Waals surface area contributed by atoms with Crippen LogP contribution in [-0.2, 0) is 0 Å². The van der Waals surface area contributed by atoms with E-state index in [4.69, 9.17) is 0 Å². The number of anilines is 1. The Kier molecular flexibility index (Phi) is 4.77. The maximum absolute atomic E-state index is 12.8. The topological polar surface area (TPSA) is 74.3 Å². The lowest BCUT2D eigenvalue weighted by atomic mass is 9.84. The molecule has 0 spiro atoms. The molecule has 7 heteroatoms. The van der Waals surface area contributed by atoms with Gasteiger partial charge in [0.1, 0.15) is 5.69 Å². The van der Waals surface area contributed by atoms with E-state index in [0.29, 0.717) is 22.9 Å². The molecule has 2 aromatic heterocycles. The molecule has 148 valence electrons. The summed E-state index contributed by atoms with van der Waals surface area (Å²) in [6.07, 6.45) is 4.01. The summed E-state index contributed by atoms with van der Waals surface area (Å²) in [6.45, 7) is 3.21. The minimum absolute atomic E-state index is 0.141. The van der Waals surface area contributed by atoms with E-state index in [1.807, 2.05) is 23.6 Å². The van der Waals surface area contributed by atoms with Gasteiger partial charge in [-0.25, -0.2) is 4.98 Å². The molecule has 6 nitrogen and oxygen atoms in total. The van der Waals surface area contributed by atoms with E-state index in [9.17, 15) is 9.59 Å². The molecule has 6 rings (SSSR count). The van der Waals surface area contributed by atoms with Gasteiger partial charge in [-0.1, -0.05) is 18.2 Å². The van der Waals surface area contributed by atoms with Crippen LogP contribution < -0.4 is 10.6 Å². The second-order valence-electron chi connectivity index (χ2n) is 7.75. The molecule has 3 aliphatic rings. The van der Waals surface area contributed by atoms with Crippen LogP contribution in [0, 0.1) is 5.92 Å². The number of carbonyl (C=O) groups is 2. The molecule has 5 heterocycles. The highest BCUT2D eigenvalue weighted by atomic mass is 32.1. The number of pyridine rings is 1. The predicted octanol–water partition coefficient (Wildman–Crippen LogP) is 3.37. The minimum Gasteiger partial charge on any atom is -0.346 e. The lowest BCUT2D eigenvalue weighted by Crippen LogP contribution is -2.57. The third-order valence-electron chi connectivity index (χ3n) is 5.95. The average Bonchev–Trinajstić information content (AvgIpc) is 3.17. The van der Waals surface area contributed by atoms with E-state index in [1.54, 1.807) is 24.4 Å². The molecule has 3 aliphatic heterocycles. The van der Waals surface area contributed by atoms with Crippen LogP contribution in [0.25, 0.3) is 10.1 Å². The number of benzene rings is 1. The summed E-state index contributed by atoms with van der Waals surface area (Å²) >= 11 is 1.50. The van der Waals surface area contributed by atoms with Gasteiger partial charge in [-0.05, 0) is 50.0 Å². The first-order chi connectivity index (χ1) is 14.2. The smallest absolute Gasteiger partial charge is 0.270 e. The predicted molar refractivity (Wildman–Crippen MR) is 114 cm³/mol. The van der Waals surface area contributed by atoms with Crippen LogP contribution in [0.3, 0.4) is 0 Å². The van der Waals surface area contributed by atoms with Gasteiger partial charge in [-0.3, -0.25) is 9.59 Å². The molecule has 1 aromatic carbocycles. The highest BCUT2D eigenvalue weighted by Gasteiger charge is 2.35. The van der Waals surface area contributed by atoms with E-state index in [2.05, 4.69) is 20.5 Å². The van der Waals surface area contributed by atoms with Crippen LogP contribution in [-0.4, -0.2) is 47.4 Å². The van der Waals surface area contributed by atoms with Crippen LogP contribution in [0.5, 0.6) is 0 Å². The average molecular weight is 407 g/mol. The number of nitrogens with zero attached hydrogens (tertiary/aromatic N) is 2. The Hall–Kier alpha value is -2.77. The minimum atomic E-state index is -0.166. The van der Waals surface area contributed by atoms with E-state index in [1.165, 1.54) is 11.3 Å². The van der Waals surface area contributed by atoms with Gasteiger partial charge >= 0.3 is 0 Å². The van der Waals surface area contributed by atoms with Crippen LogP contribution >= 0.6 is 11.3 Å². The summed E-state index contributed by atoms with van der Waals surface area (Å²) in [7, 11) is 0. The summed E-state index contributed by atoms with van der Waals surface area (Å²) in [5.74, 6) is 0.257. The van der Waals surface area contributed by atoms with Crippen molar-refractivity contribution >= 4 is 38.9 Å². The SMILES string of the molecule is O=C(Nc1csc2cnc(C(=O)NC3CN4CCC3CC4)cc12)c1ccccc1.